The molecule has 19 heavy (non-hydrogen) atoms. The highest BCUT2D eigenvalue weighted by Crippen LogP contribution is 2.30. The van der Waals surface area contributed by atoms with Crippen LogP contribution < -0.4 is 5.32 Å². The predicted molar refractivity (Wildman–Crippen MR) is 81.9 cm³/mol. The van der Waals surface area contributed by atoms with Crippen LogP contribution in [0.4, 0.5) is 5.82 Å². The second-order valence-electron chi connectivity index (χ2n) is 4.55. The van der Waals surface area contributed by atoms with E-state index in [1.807, 2.05) is 13.1 Å². The van der Waals surface area contributed by atoms with Crippen LogP contribution in [0.2, 0.25) is 0 Å². The molecule has 0 aliphatic carbocycles. The molecular formula is C15H15N3S. The fourth-order valence-corrected chi connectivity index (χ4v) is 3.05. The smallest absolute Gasteiger partial charge is 0.172 e. The molecule has 1 N–H and O–H groups in total. The SMILES string of the molecule is CNc1nc(-c2sccc2C)nc2c(C)cccc12. The molecule has 0 aliphatic heterocycles. The number of hydrogen-bond donors (Lipinski definition) is 1. The van der Waals surface area contributed by atoms with Gasteiger partial charge in [0.1, 0.15) is 5.82 Å². The largest absolute Gasteiger partial charge is 0.373 e. The molecule has 0 atom stereocenters. The Labute approximate surface area is 116 Å². The molecule has 2 aromatic heterocycles. The van der Waals surface area contributed by atoms with Crippen LogP contribution in [0.3, 0.4) is 0 Å². The summed E-state index contributed by atoms with van der Waals surface area (Å²) >= 11 is 1.68. The van der Waals surface area contributed by atoms with Crippen LogP contribution in [0.5, 0.6) is 0 Å². The van der Waals surface area contributed by atoms with Crippen molar-refractivity contribution in [3.63, 3.8) is 0 Å². The maximum absolute atomic E-state index is 4.75. The van der Waals surface area contributed by atoms with Gasteiger partial charge in [-0.05, 0) is 42.5 Å². The molecule has 0 fully saturated rings. The van der Waals surface area contributed by atoms with E-state index in [0.29, 0.717) is 0 Å². The van der Waals surface area contributed by atoms with Gasteiger partial charge >= 0.3 is 0 Å². The molecule has 3 nitrogen and oxygen atoms in total. The van der Waals surface area contributed by atoms with Crippen molar-refractivity contribution in [1.29, 1.82) is 0 Å². The molecule has 4 heteroatoms. The summed E-state index contributed by atoms with van der Waals surface area (Å²) in [5.41, 5.74) is 3.41. The van der Waals surface area contributed by atoms with Crippen molar-refractivity contribution in [2.75, 3.05) is 12.4 Å². The summed E-state index contributed by atoms with van der Waals surface area (Å²) in [7, 11) is 1.90. The summed E-state index contributed by atoms with van der Waals surface area (Å²) in [5.74, 6) is 1.69. The van der Waals surface area contributed by atoms with Crippen LogP contribution in [0.1, 0.15) is 11.1 Å². The van der Waals surface area contributed by atoms with Crippen LogP contribution in [0.25, 0.3) is 21.6 Å². The van der Waals surface area contributed by atoms with Gasteiger partial charge in [-0.25, -0.2) is 9.97 Å². The van der Waals surface area contributed by atoms with Gasteiger partial charge in [0.2, 0.25) is 0 Å². The fourth-order valence-electron chi connectivity index (χ4n) is 2.19. The molecule has 3 rings (SSSR count). The summed E-state index contributed by atoms with van der Waals surface area (Å²) in [6, 6.07) is 8.28. The summed E-state index contributed by atoms with van der Waals surface area (Å²) in [4.78, 5) is 10.5. The molecule has 0 bridgehead atoms. The van der Waals surface area contributed by atoms with Gasteiger partial charge in [-0.1, -0.05) is 12.1 Å². The first-order valence-corrected chi connectivity index (χ1v) is 7.08. The van der Waals surface area contributed by atoms with Crippen molar-refractivity contribution in [2.24, 2.45) is 0 Å². The van der Waals surface area contributed by atoms with Crippen LogP contribution in [0.15, 0.2) is 29.6 Å². The fraction of sp³-hybridized carbons (Fsp3) is 0.200. The number of nitrogens with zero attached hydrogens (tertiary/aromatic N) is 2. The minimum Gasteiger partial charge on any atom is -0.373 e. The molecule has 0 spiro atoms. The molecule has 0 saturated carbocycles. The standard InChI is InChI=1S/C15H15N3S/c1-9-5-4-6-11-12(9)17-15(18-14(11)16-3)13-10(2)7-8-19-13/h4-8H,1-3H3,(H,16,17,18). The Balaban J connectivity index is 2.34. The Bertz CT molecular complexity index is 746. The van der Waals surface area contributed by atoms with Crippen molar-refractivity contribution in [3.05, 3.63) is 40.8 Å². The molecule has 0 aliphatic rings. The summed E-state index contributed by atoms with van der Waals surface area (Å²) in [6.07, 6.45) is 0. The average molecular weight is 269 g/mol. The molecule has 96 valence electrons. The number of nitrogens with one attached hydrogen (secondary N) is 1. The van der Waals surface area contributed by atoms with Crippen molar-refractivity contribution in [1.82, 2.24) is 9.97 Å². The molecule has 0 saturated heterocycles. The van der Waals surface area contributed by atoms with E-state index in [9.17, 15) is 0 Å². The Morgan fingerprint density at radius 1 is 1.05 bits per heavy atom. The molecule has 0 amide bonds. The minimum absolute atomic E-state index is 0.804. The van der Waals surface area contributed by atoms with E-state index in [1.54, 1.807) is 11.3 Å². The van der Waals surface area contributed by atoms with Gasteiger partial charge < -0.3 is 5.32 Å². The quantitative estimate of drug-likeness (QED) is 0.763. The van der Waals surface area contributed by atoms with E-state index in [-0.39, 0.29) is 0 Å². The number of aryl methyl sites for hydroxylation is 2. The van der Waals surface area contributed by atoms with Gasteiger partial charge in [0.15, 0.2) is 5.82 Å². The predicted octanol–water partition coefficient (Wildman–Crippen LogP) is 4.02. The first-order valence-electron chi connectivity index (χ1n) is 6.20. The highest BCUT2D eigenvalue weighted by molar-refractivity contribution is 7.13. The van der Waals surface area contributed by atoms with Gasteiger partial charge in [-0.15, -0.1) is 11.3 Å². The lowest BCUT2D eigenvalue weighted by atomic mass is 10.1. The number of fused-ring (bicyclic) bond motifs is 1. The number of thiophene rings is 1. The highest BCUT2D eigenvalue weighted by atomic mass is 32.1. The monoisotopic (exact) mass is 269 g/mol. The first kappa shape index (κ1) is 12.1. The zero-order chi connectivity index (χ0) is 13.4. The number of benzene rings is 1. The number of anilines is 1. The van der Waals surface area contributed by atoms with E-state index in [0.717, 1.165) is 27.4 Å². The van der Waals surface area contributed by atoms with Crippen molar-refractivity contribution >= 4 is 28.1 Å². The van der Waals surface area contributed by atoms with E-state index in [1.165, 1.54) is 11.1 Å². The molecule has 0 unspecified atom stereocenters. The van der Waals surface area contributed by atoms with Crippen LogP contribution in [-0.2, 0) is 0 Å². The zero-order valence-corrected chi connectivity index (χ0v) is 12.0. The van der Waals surface area contributed by atoms with E-state index in [4.69, 9.17) is 4.98 Å². The number of aromatic nitrogens is 2. The lowest BCUT2D eigenvalue weighted by molar-refractivity contribution is 1.21. The molecular weight excluding hydrogens is 254 g/mol. The third kappa shape index (κ3) is 1.98. The summed E-state index contributed by atoms with van der Waals surface area (Å²) in [6.45, 7) is 4.18. The van der Waals surface area contributed by atoms with Crippen molar-refractivity contribution in [2.45, 2.75) is 13.8 Å². The topological polar surface area (TPSA) is 37.8 Å². The van der Waals surface area contributed by atoms with Gasteiger partial charge in [0, 0.05) is 12.4 Å². The number of rotatable bonds is 2. The van der Waals surface area contributed by atoms with Crippen molar-refractivity contribution in [3.8, 4) is 10.7 Å². The first-order chi connectivity index (χ1) is 9.20. The molecule has 3 aromatic rings. The van der Waals surface area contributed by atoms with Crippen LogP contribution >= 0.6 is 11.3 Å². The second-order valence-corrected chi connectivity index (χ2v) is 5.47. The normalized spacial score (nSPS) is 10.9. The molecule has 1 aromatic carbocycles. The third-order valence-corrected chi connectivity index (χ3v) is 4.24. The maximum Gasteiger partial charge on any atom is 0.172 e. The van der Waals surface area contributed by atoms with Gasteiger partial charge in [0.05, 0.1) is 10.4 Å². The Morgan fingerprint density at radius 2 is 1.89 bits per heavy atom. The Morgan fingerprint density at radius 3 is 2.58 bits per heavy atom. The van der Waals surface area contributed by atoms with Crippen molar-refractivity contribution < 1.29 is 0 Å². The number of hydrogen-bond acceptors (Lipinski definition) is 4. The molecule has 0 radical (unpaired) electrons. The number of para-hydroxylation sites is 1. The molecule has 2 heterocycles. The summed E-state index contributed by atoms with van der Waals surface area (Å²) in [5, 5.41) is 6.32. The second kappa shape index (κ2) is 4.63. The lowest BCUT2D eigenvalue weighted by Gasteiger charge is -2.09. The van der Waals surface area contributed by atoms with Gasteiger partial charge in [-0.3, -0.25) is 0 Å². The maximum atomic E-state index is 4.75. The zero-order valence-electron chi connectivity index (χ0n) is 11.2. The van der Waals surface area contributed by atoms with Crippen LogP contribution in [0, 0.1) is 13.8 Å². The third-order valence-electron chi connectivity index (χ3n) is 3.23. The van der Waals surface area contributed by atoms with E-state index in [2.05, 4.69) is 47.7 Å². The Kier molecular flexibility index (Phi) is 2.95. The lowest BCUT2D eigenvalue weighted by Crippen LogP contribution is -1.99. The Hall–Kier alpha value is -1.94. The van der Waals surface area contributed by atoms with Gasteiger partial charge in [0.25, 0.3) is 0 Å². The minimum atomic E-state index is 0.804. The summed E-state index contributed by atoms with van der Waals surface area (Å²) < 4.78 is 0. The van der Waals surface area contributed by atoms with E-state index >= 15 is 0 Å². The average Bonchev–Trinajstić information content (AvgIpc) is 2.84. The highest BCUT2D eigenvalue weighted by Gasteiger charge is 2.12. The van der Waals surface area contributed by atoms with Crippen LogP contribution in [-0.4, -0.2) is 17.0 Å². The van der Waals surface area contributed by atoms with Gasteiger partial charge in [-0.2, -0.15) is 0 Å². The van der Waals surface area contributed by atoms with E-state index < -0.39 is 0 Å².